The Labute approximate surface area is 116 Å². The molecule has 3 heteroatoms. The fourth-order valence-corrected chi connectivity index (χ4v) is 3.66. The summed E-state index contributed by atoms with van der Waals surface area (Å²) in [6.07, 6.45) is 8.53. The van der Waals surface area contributed by atoms with Crippen molar-refractivity contribution in [3.8, 4) is 0 Å². The molecule has 106 valence electrons. The summed E-state index contributed by atoms with van der Waals surface area (Å²) in [6.45, 7) is 6.68. The number of ether oxygens (including phenoxy) is 1. The molecule has 1 aromatic rings. The number of nitrogens with two attached hydrogens (primary N) is 1. The average molecular weight is 262 g/mol. The summed E-state index contributed by atoms with van der Waals surface area (Å²) in [5.41, 5.74) is 9.47. The van der Waals surface area contributed by atoms with E-state index >= 15 is 0 Å². The van der Waals surface area contributed by atoms with Gasteiger partial charge in [0, 0.05) is 31.1 Å². The van der Waals surface area contributed by atoms with Crippen LogP contribution in [-0.4, -0.2) is 17.3 Å². The van der Waals surface area contributed by atoms with Crippen molar-refractivity contribution in [2.45, 2.75) is 64.6 Å². The van der Waals surface area contributed by atoms with Crippen LogP contribution in [0.2, 0.25) is 0 Å². The minimum atomic E-state index is 0.211. The van der Waals surface area contributed by atoms with Crippen LogP contribution in [0, 0.1) is 5.41 Å². The van der Waals surface area contributed by atoms with Crippen LogP contribution in [0.5, 0.6) is 0 Å². The Hall–Kier alpha value is -0.800. The fraction of sp³-hybridized carbons (Fsp3) is 0.750. The van der Waals surface area contributed by atoms with Crippen LogP contribution >= 0.6 is 0 Å². The summed E-state index contributed by atoms with van der Waals surface area (Å²) >= 11 is 0. The molecule has 19 heavy (non-hydrogen) atoms. The summed E-state index contributed by atoms with van der Waals surface area (Å²) in [5.74, 6) is 0. The minimum Gasteiger partial charge on any atom is -0.378 e. The van der Waals surface area contributed by atoms with Crippen LogP contribution in [0.3, 0.4) is 0 Å². The van der Waals surface area contributed by atoms with E-state index < -0.39 is 0 Å². The topological polar surface area (TPSA) is 40.2 Å². The average Bonchev–Trinajstić information content (AvgIpc) is 2.93. The Morgan fingerprint density at radius 2 is 2.32 bits per heavy atom. The standard InChI is InChI=1S/C16H26N2O/c1-16(2)10-14(17)13-6-8-18(15(13)11-16)7-5-12-4-3-9-19-12/h6,8,12,14H,3-5,7,9-11,17H2,1-2H3. The highest BCUT2D eigenvalue weighted by Gasteiger charge is 2.32. The maximum atomic E-state index is 6.32. The van der Waals surface area contributed by atoms with Gasteiger partial charge in [-0.25, -0.2) is 0 Å². The molecule has 1 aliphatic carbocycles. The highest BCUT2D eigenvalue weighted by atomic mass is 16.5. The van der Waals surface area contributed by atoms with Gasteiger partial charge in [-0.3, -0.25) is 0 Å². The molecule has 2 unspecified atom stereocenters. The van der Waals surface area contributed by atoms with Crippen LogP contribution in [0.1, 0.15) is 56.8 Å². The van der Waals surface area contributed by atoms with Crippen molar-refractivity contribution in [1.82, 2.24) is 4.57 Å². The first-order valence-corrected chi connectivity index (χ1v) is 7.60. The smallest absolute Gasteiger partial charge is 0.0593 e. The van der Waals surface area contributed by atoms with Crippen molar-refractivity contribution >= 4 is 0 Å². The van der Waals surface area contributed by atoms with E-state index in [1.54, 1.807) is 0 Å². The molecule has 0 radical (unpaired) electrons. The van der Waals surface area contributed by atoms with E-state index in [9.17, 15) is 0 Å². The van der Waals surface area contributed by atoms with E-state index in [1.165, 1.54) is 24.1 Å². The van der Waals surface area contributed by atoms with Crippen molar-refractivity contribution in [1.29, 1.82) is 0 Å². The second-order valence-electron chi connectivity index (χ2n) is 6.99. The molecule has 3 rings (SSSR count). The molecule has 1 saturated heterocycles. The van der Waals surface area contributed by atoms with Gasteiger partial charge in [0.25, 0.3) is 0 Å². The van der Waals surface area contributed by atoms with Gasteiger partial charge in [-0.1, -0.05) is 13.8 Å². The summed E-state index contributed by atoms with van der Waals surface area (Å²) in [6, 6.07) is 2.44. The van der Waals surface area contributed by atoms with Gasteiger partial charge >= 0.3 is 0 Å². The Bertz CT molecular complexity index is 444. The number of aryl methyl sites for hydroxylation is 1. The van der Waals surface area contributed by atoms with E-state index in [2.05, 4.69) is 30.7 Å². The number of aromatic nitrogens is 1. The van der Waals surface area contributed by atoms with Gasteiger partial charge in [0.15, 0.2) is 0 Å². The maximum absolute atomic E-state index is 6.32. The van der Waals surface area contributed by atoms with Gasteiger partial charge in [0.1, 0.15) is 0 Å². The van der Waals surface area contributed by atoms with Crippen molar-refractivity contribution in [3.63, 3.8) is 0 Å². The van der Waals surface area contributed by atoms with Crippen molar-refractivity contribution in [2.75, 3.05) is 6.61 Å². The Morgan fingerprint density at radius 1 is 1.47 bits per heavy atom. The van der Waals surface area contributed by atoms with Crippen molar-refractivity contribution in [3.05, 3.63) is 23.5 Å². The highest BCUT2D eigenvalue weighted by molar-refractivity contribution is 5.30. The van der Waals surface area contributed by atoms with Crippen molar-refractivity contribution < 1.29 is 4.74 Å². The predicted molar refractivity (Wildman–Crippen MR) is 77.1 cm³/mol. The molecule has 2 N–H and O–H groups in total. The summed E-state index contributed by atoms with van der Waals surface area (Å²) in [5, 5.41) is 0. The van der Waals surface area contributed by atoms with E-state index in [0.717, 1.165) is 32.4 Å². The number of nitrogens with zero attached hydrogens (tertiary/aromatic N) is 1. The molecule has 1 fully saturated rings. The number of hydrogen-bond donors (Lipinski definition) is 1. The molecule has 2 heterocycles. The normalized spacial score (nSPS) is 29.4. The van der Waals surface area contributed by atoms with E-state index in [0.29, 0.717) is 11.5 Å². The van der Waals surface area contributed by atoms with Crippen LogP contribution in [0.25, 0.3) is 0 Å². The molecular weight excluding hydrogens is 236 g/mol. The first-order chi connectivity index (χ1) is 9.05. The van der Waals surface area contributed by atoms with Gasteiger partial charge in [-0.2, -0.15) is 0 Å². The fourth-order valence-electron chi connectivity index (χ4n) is 3.66. The summed E-state index contributed by atoms with van der Waals surface area (Å²) in [7, 11) is 0. The van der Waals surface area contributed by atoms with E-state index in [1.807, 2.05) is 0 Å². The van der Waals surface area contributed by atoms with Crippen LogP contribution in [0.4, 0.5) is 0 Å². The molecule has 0 saturated carbocycles. The number of hydrogen-bond acceptors (Lipinski definition) is 2. The van der Waals surface area contributed by atoms with Gasteiger partial charge in [0.05, 0.1) is 6.10 Å². The second-order valence-corrected chi connectivity index (χ2v) is 6.99. The zero-order valence-corrected chi connectivity index (χ0v) is 12.2. The third-order valence-corrected chi connectivity index (χ3v) is 4.65. The van der Waals surface area contributed by atoms with Gasteiger partial charge < -0.3 is 15.0 Å². The molecule has 1 aliphatic heterocycles. The monoisotopic (exact) mass is 262 g/mol. The van der Waals surface area contributed by atoms with Crippen molar-refractivity contribution in [2.24, 2.45) is 11.1 Å². The largest absolute Gasteiger partial charge is 0.378 e. The van der Waals surface area contributed by atoms with Crippen LogP contribution < -0.4 is 5.73 Å². The second kappa shape index (κ2) is 4.95. The number of fused-ring (bicyclic) bond motifs is 1. The van der Waals surface area contributed by atoms with Gasteiger partial charge in [-0.15, -0.1) is 0 Å². The molecule has 1 aromatic heterocycles. The zero-order chi connectivity index (χ0) is 13.5. The Morgan fingerprint density at radius 3 is 3.05 bits per heavy atom. The SMILES string of the molecule is CC1(C)Cc2c(ccn2CCC2CCCO2)C(N)C1. The molecule has 3 nitrogen and oxygen atoms in total. The Kier molecular flexibility index (Phi) is 3.44. The molecule has 0 amide bonds. The minimum absolute atomic E-state index is 0.211. The summed E-state index contributed by atoms with van der Waals surface area (Å²) < 4.78 is 8.13. The lowest BCUT2D eigenvalue weighted by Gasteiger charge is -2.34. The predicted octanol–water partition coefficient (Wildman–Crippen LogP) is 3.03. The molecular formula is C16H26N2O. The maximum Gasteiger partial charge on any atom is 0.0593 e. The lowest BCUT2D eigenvalue weighted by atomic mass is 9.74. The lowest BCUT2D eigenvalue weighted by molar-refractivity contribution is 0.0999. The molecule has 0 aromatic carbocycles. The Balaban J connectivity index is 1.73. The van der Waals surface area contributed by atoms with Gasteiger partial charge in [0.2, 0.25) is 0 Å². The van der Waals surface area contributed by atoms with Gasteiger partial charge in [-0.05, 0) is 49.1 Å². The molecule has 2 aliphatic rings. The third-order valence-electron chi connectivity index (χ3n) is 4.65. The first-order valence-electron chi connectivity index (χ1n) is 7.60. The quantitative estimate of drug-likeness (QED) is 0.909. The molecule has 0 bridgehead atoms. The van der Waals surface area contributed by atoms with Crippen LogP contribution in [-0.2, 0) is 17.7 Å². The number of rotatable bonds is 3. The zero-order valence-electron chi connectivity index (χ0n) is 12.2. The first kappa shape index (κ1) is 13.2. The summed E-state index contributed by atoms with van der Waals surface area (Å²) in [4.78, 5) is 0. The van der Waals surface area contributed by atoms with Crippen LogP contribution in [0.15, 0.2) is 12.3 Å². The highest BCUT2D eigenvalue weighted by Crippen LogP contribution is 2.40. The molecule has 0 spiro atoms. The van der Waals surface area contributed by atoms with E-state index in [-0.39, 0.29) is 6.04 Å². The third kappa shape index (κ3) is 2.72. The molecule has 2 atom stereocenters. The lowest BCUT2D eigenvalue weighted by Crippen LogP contribution is -2.30. The van der Waals surface area contributed by atoms with E-state index in [4.69, 9.17) is 10.5 Å².